The van der Waals surface area contributed by atoms with Crippen molar-refractivity contribution in [3.63, 3.8) is 0 Å². The van der Waals surface area contributed by atoms with Crippen molar-refractivity contribution in [1.82, 2.24) is 9.97 Å². The zero-order chi connectivity index (χ0) is 22.5. The van der Waals surface area contributed by atoms with Gasteiger partial charge in [-0.2, -0.15) is 0 Å². The molecule has 4 nitrogen and oxygen atoms in total. The molecule has 4 rings (SSSR count). The molecule has 0 atom stereocenters. The first-order valence-corrected chi connectivity index (χ1v) is 13.9. The minimum atomic E-state index is -0.346. The van der Waals surface area contributed by atoms with Gasteiger partial charge in [0.25, 0.3) is 0 Å². The van der Waals surface area contributed by atoms with Crippen molar-refractivity contribution >= 4 is 59.7 Å². The van der Waals surface area contributed by atoms with Gasteiger partial charge in [-0.15, -0.1) is 0 Å². The fraction of sp³-hybridized carbons (Fsp3) is 0. The van der Waals surface area contributed by atoms with Crippen molar-refractivity contribution in [2.75, 3.05) is 0 Å². The Bertz CT molecular complexity index is 1020. The summed E-state index contributed by atoms with van der Waals surface area (Å²) >= 11 is 11.3. The topological polar surface area (TPSA) is 62.0 Å². The van der Waals surface area contributed by atoms with Gasteiger partial charge in [0, 0.05) is 22.4 Å². The Kier molecular flexibility index (Phi) is 11.7. The van der Waals surface area contributed by atoms with Crippen LogP contribution in [0.25, 0.3) is 11.4 Å². The summed E-state index contributed by atoms with van der Waals surface area (Å²) in [6.45, 7) is 0. The molecule has 0 spiro atoms. The first kappa shape index (κ1) is 25.4. The van der Waals surface area contributed by atoms with Crippen molar-refractivity contribution in [3.8, 4) is 11.4 Å². The fourth-order valence-electron chi connectivity index (χ4n) is 2.28. The smallest absolute Gasteiger partial charge is 0.0886 e. The Morgan fingerprint density at radius 1 is 0.774 bits per heavy atom. The average molecular weight is 579 g/mol. The molecule has 0 fully saturated rings. The van der Waals surface area contributed by atoms with Crippen LogP contribution >= 0.6 is 42.6 Å². The molecule has 3 aromatic rings. The maximum absolute atomic E-state index is 7.68. The normalized spacial score (nSPS) is 13.6. The minimum absolute atomic E-state index is 0.346. The van der Waals surface area contributed by atoms with Crippen LogP contribution in [-0.4, -0.2) is 21.4 Å². The maximum Gasteiger partial charge on any atom is 0.0886 e. The van der Waals surface area contributed by atoms with E-state index in [1.165, 1.54) is 0 Å². The van der Waals surface area contributed by atoms with Crippen LogP contribution in [0.2, 0.25) is 5.02 Å². The van der Waals surface area contributed by atoms with Crippen LogP contribution < -0.4 is 0 Å². The Labute approximate surface area is 206 Å². The number of hydrogen-bond donors (Lipinski definition) is 1. The van der Waals surface area contributed by atoms with Crippen LogP contribution in [0.15, 0.2) is 101 Å². The molecule has 0 saturated heterocycles. The summed E-state index contributed by atoms with van der Waals surface area (Å²) in [7, 11) is 9.71. The molecule has 0 amide bonds. The molecule has 0 bridgehead atoms. The van der Waals surface area contributed by atoms with Crippen LogP contribution in [0.3, 0.4) is 0 Å². The first-order valence-electron chi connectivity index (χ1n) is 8.69. The van der Waals surface area contributed by atoms with Gasteiger partial charge in [0.2, 0.25) is 0 Å². The largest absolute Gasteiger partial charge is 0.255 e. The van der Waals surface area contributed by atoms with Gasteiger partial charge in [-0.3, -0.25) is 15.4 Å². The molecule has 1 aliphatic rings. The zero-order valence-corrected chi connectivity index (χ0v) is 20.6. The van der Waals surface area contributed by atoms with E-state index in [9.17, 15) is 0 Å². The molecule has 1 N–H and O–H groups in total. The third-order valence-electron chi connectivity index (χ3n) is 3.63. The van der Waals surface area contributed by atoms with Crippen molar-refractivity contribution in [2.45, 2.75) is 0 Å². The van der Waals surface area contributed by atoms with Gasteiger partial charge in [-0.25, -0.2) is 4.99 Å². The maximum atomic E-state index is 7.68. The Morgan fingerprint density at radius 3 is 1.81 bits per heavy atom. The van der Waals surface area contributed by atoms with Gasteiger partial charge in [0.1, 0.15) is 0 Å². The monoisotopic (exact) mass is 578 g/mol. The van der Waals surface area contributed by atoms with E-state index in [4.69, 9.17) is 48.0 Å². The van der Waals surface area contributed by atoms with Crippen molar-refractivity contribution in [1.29, 1.82) is 5.41 Å². The van der Waals surface area contributed by atoms with E-state index in [-0.39, 0.29) is 15.1 Å². The quantitative estimate of drug-likeness (QED) is 0.251. The second kappa shape index (κ2) is 14.2. The van der Waals surface area contributed by atoms with E-state index in [2.05, 4.69) is 15.0 Å². The van der Waals surface area contributed by atoms with Gasteiger partial charge >= 0.3 is 34.5 Å². The summed E-state index contributed by atoms with van der Waals surface area (Å²) in [4.78, 5) is 12.7. The van der Waals surface area contributed by atoms with Crippen LogP contribution in [0, 0.1) is 5.41 Å². The molecule has 9 heteroatoms. The summed E-state index contributed by atoms with van der Waals surface area (Å²) in [5.41, 5.74) is 3.48. The molecule has 31 heavy (non-hydrogen) atoms. The van der Waals surface area contributed by atoms with Crippen molar-refractivity contribution in [3.05, 3.63) is 101 Å². The molecule has 1 aromatic carbocycles. The van der Waals surface area contributed by atoms with E-state index in [0.717, 1.165) is 17.1 Å². The standard InChI is InChI=1S/C12H8Cl2N2.C10H8N2.2ClH.Ru/c13-8-1-4-10(5-2-8)16-12-7-9(14)3-6-11(12)15;1-3-7-11-9(5-1)10-6-2-4-8-12-10;;;/h1-7,15H;1-8H;2*1H;/q;;;;+2/p-2. The summed E-state index contributed by atoms with van der Waals surface area (Å²) < 4.78 is 0. The van der Waals surface area contributed by atoms with E-state index < -0.39 is 0 Å². The molecule has 0 saturated carbocycles. The van der Waals surface area contributed by atoms with Gasteiger partial charge in [0.15, 0.2) is 0 Å². The summed E-state index contributed by atoms with van der Waals surface area (Å²) in [6.07, 6.45) is 8.49. The van der Waals surface area contributed by atoms with Crippen LogP contribution in [0.5, 0.6) is 0 Å². The number of rotatable bonds is 2. The molecule has 2 aromatic heterocycles. The molecular formula is C22H16Cl4N4Ru. The molecule has 1 aliphatic carbocycles. The SMILES string of the molecule is N=C1C=CC(Cl)=CC1=Nc1ccc(Cl)cc1.[Cl][Ru][Cl].c1ccc(-c2ccccn2)nc1. The van der Waals surface area contributed by atoms with Crippen LogP contribution in [0.1, 0.15) is 0 Å². The number of pyridine rings is 2. The molecule has 0 unspecified atom stereocenters. The number of aliphatic imine (C=N–C) groups is 1. The van der Waals surface area contributed by atoms with E-state index in [1.54, 1.807) is 54.9 Å². The van der Waals surface area contributed by atoms with Gasteiger partial charge < -0.3 is 0 Å². The summed E-state index contributed by atoms with van der Waals surface area (Å²) in [6, 6.07) is 18.7. The molecule has 2 heterocycles. The Balaban J connectivity index is 0.000000201. The zero-order valence-electron chi connectivity index (χ0n) is 15.9. The summed E-state index contributed by atoms with van der Waals surface area (Å²) in [5.74, 6) is 0. The van der Waals surface area contributed by atoms with Gasteiger partial charge in [-0.1, -0.05) is 35.3 Å². The minimum Gasteiger partial charge on any atom is -0.255 e. The number of allylic oxidation sites excluding steroid dienone is 4. The second-order valence-corrected chi connectivity index (χ2v) is 9.24. The van der Waals surface area contributed by atoms with E-state index in [0.29, 0.717) is 21.5 Å². The Hall–Kier alpha value is -1.88. The number of nitrogens with zero attached hydrogens (tertiary/aromatic N) is 3. The fourth-order valence-corrected chi connectivity index (χ4v) is 2.57. The van der Waals surface area contributed by atoms with Crippen LogP contribution in [-0.2, 0) is 15.1 Å². The average Bonchev–Trinajstić information content (AvgIpc) is 2.80. The molecule has 0 radical (unpaired) electrons. The van der Waals surface area contributed by atoms with Gasteiger partial charge in [-0.05, 0) is 66.8 Å². The second-order valence-electron chi connectivity index (χ2n) is 5.73. The molecule has 160 valence electrons. The first-order chi connectivity index (χ1) is 15.0. The predicted molar refractivity (Wildman–Crippen MR) is 129 cm³/mol. The van der Waals surface area contributed by atoms with E-state index in [1.807, 2.05) is 36.4 Å². The van der Waals surface area contributed by atoms with Gasteiger partial charge in [0.05, 0.1) is 28.5 Å². The summed E-state index contributed by atoms with van der Waals surface area (Å²) in [5, 5.41) is 8.92. The number of hydrogen-bond acceptors (Lipinski definition) is 4. The number of nitrogens with one attached hydrogen (secondary N) is 1. The van der Waals surface area contributed by atoms with Crippen LogP contribution in [0.4, 0.5) is 5.69 Å². The number of benzene rings is 1. The molecule has 0 aliphatic heterocycles. The third-order valence-corrected chi connectivity index (χ3v) is 4.12. The Morgan fingerprint density at radius 2 is 1.32 bits per heavy atom. The van der Waals surface area contributed by atoms with E-state index >= 15 is 0 Å². The predicted octanol–water partition coefficient (Wildman–Crippen LogP) is 7.64. The third kappa shape index (κ3) is 9.43. The van der Waals surface area contributed by atoms with Crippen molar-refractivity contribution in [2.24, 2.45) is 4.99 Å². The number of aromatic nitrogens is 2. The van der Waals surface area contributed by atoms with Crippen molar-refractivity contribution < 1.29 is 15.1 Å². The number of halogens is 4. The molecular weight excluding hydrogens is 563 g/mol.